The fourth-order valence-corrected chi connectivity index (χ4v) is 3.70. The van der Waals surface area contributed by atoms with Gasteiger partial charge in [-0.2, -0.15) is 8.42 Å². The lowest BCUT2D eigenvalue weighted by molar-refractivity contribution is 0.101. The molecule has 28 heavy (non-hydrogen) atoms. The number of benzene rings is 2. The van der Waals surface area contributed by atoms with Gasteiger partial charge >= 0.3 is 10.1 Å². The van der Waals surface area contributed by atoms with Crippen LogP contribution in [0.4, 0.5) is 0 Å². The number of aryl methyl sites for hydroxylation is 1. The highest BCUT2D eigenvalue weighted by Gasteiger charge is 2.29. The molecule has 1 aromatic heterocycles. The van der Waals surface area contributed by atoms with Gasteiger partial charge in [-0.15, -0.1) is 0 Å². The average Bonchev–Trinajstić information content (AvgIpc) is 3.18. The topological polar surface area (TPSA) is 82.8 Å². The predicted octanol–water partition coefficient (Wildman–Crippen LogP) is 4.63. The molecule has 1 aliphatic rings. The first kappa shape index (κ1) is 18.3. The fraction of sp³-hybridized carbons (Fsp3) is 0.0500. The van der Waals surface area contributed by atoms with Crippen molar-refractivity contribution in [3.63, 3.8) is 0 Å². The van der Waals surface area contributed by atoms with E-state index in [-0.39, 0.29) is 27.9 Å². The summed E-state index contributed by atoms with van der Waals surface area (Å²) in [5, 5.41) is 0.412. The summed E-state index contributed by atoms with van der Waals surface area (Å²) in [6.45, 7) is 1.79. The number of halogens is 1. The molecule has 0 saturated heterocycles. The van der Waals surface area contributed by atoms with Gasteiger partial charge in [-0.25, -0.2) is 0 Å². The quantitative estimate of drug-likeness (QED) is 0.455. The summed E-state index contributed by atoms with van der Waals surface area (Å²) >= 11 is 5.78. The Balaban J connectivity index is 1.59. The largest absolute Gasteiger partial charge is 0.462 e. The van der Waals surface area contributed by atoms with Gasteiger partial charge in [0.15, 0.2) is 5.76 Å². The van der Waals surface area contributed by atoms with Crippen LogP contribution in [0, 0.1) is 6.92 Å². The second-order valence-electron chi connectivity index (χ2n) is 6.04. The molecule has 0 bridgehead atoms. The summed E-state index contributed by atoms with van der Waals surface area (Å²) in [5.74, 6) is 1.19. The van der Waals surface area contributed by atoms with Crippen molar-refractivity contribution in [1.29, 1.82) is 0 Å². The number of fused-ring (bicyclic) bond motifs is 1. The Labute approximate surface area is 166 Å². The van der Waals surface area contributed by atoms with E-state index in [0.717, 1.165) is 0 Å². The normalized spacial score (nSPS) is 14.8. The first-order chi connectivity index (χ1) is 13.3. The van der Waals surface area contributed by atoms with Crippen LogP contribution in [0.15, 0.2) is 69.7 Å². The van der Waals surface area contributed by atoms with Gasteiger partial charge in [0, 0.05) is 17.2 Å². The van der Waals surface area contributed by atoms with E-state index in [0.29, 0.717) is 22.1 Å². The number of carbonyl (C=O) groups is 1. The van der Waals surface area contributed by atoms with Crippen LogP contribution in [-0.2, 0) is 10.1 Å². The zero-order valence-corrected chi connectivity index (χ0v) is 16.1. The number of furan rings is 1. The van der Waals surface area contributed by atoms with Crippen molar-refractivity contribution in [3.8, 4) is 11.5 Å². The highest BCUT2D eigenvalue weighted by molar-refractivity contribution is 7.87. The molecule has 8 heteroatoms. The Hall–Kier alpha value is -3.03. The van der Waals surface area contributed by atoms with E-state index in [1.165, 1.54) is 48.5 Å². The van der Waals surface area contributed by atoms with Gasteiger partial charge in [-0.1, -0.05) is 11.6 Å². The van der Waals surface area contributed by atoms with Crippen LogP contribution in [0.3, 0.4) is 0 Å². The molecule has 0 amide bonds. The highest BCUT2D eigenvalue weighted by atomic mass is 35.5. The molecular weight excluding hydrogens is 404 g/mol. The Morgan fingerprint density at radius 3 is 2.46 bits per heavy atom. The molecule has 4 rings (SSSR count). The lowest BCUT2D eigenvalue weighted by atomic mass is 10.1. The third kappa shape index (κ3) is 3.54. The average molecular weight is 417 g/mol. The van der Waals surface area contributed by atoms with Crippen LogP contribution >= 0.6 is 11.6 Å². The molecule has 2 heterocycles. The van der Waals surface area contributed by atoms with Crippen molar-refractivity contribution in [3.05, 3.63) is 82.5 Å². The van der Waals surface area contributed by atoms with Gasteiger partial charge in [0.2, 0.25) is 5.78 Å². The standard InChI is InChI=1S/C20H13ClO6S/c1-12-2-5-14(25-12)10-19-20(22)17-9-6-15(11-18(17)26-19)27-28(23,24)16-7-3-13(21)4-8-16/h2-11H,1H3/b19-10-. The fourth-order valence-electron chi connectivity index (χ4n) is 2.66. The smallest absolute Gasteiger partial charge is 0.339 e. The van der Waals surface area contributed by atoms with Gasteiger partial charge in [0.1, 0.15) is 27.9 Å². The third-order valence-electron chi connectivity index (χ3n) is 3.98. The van der Waals surface area contributed by atoms with Crippen molar-refractivity contribution in [2.24, 2.45) is 0 Å². The van der Waals surface area contributed by atoms with Crippen LogP contribution in [0.5, 0.6) is 11.5 Å². The van der Waals surface area contributed by atoms with Gasteiger partial charge < -0.3 is 13.3 Å². The van der Waals surface area contributed by atoms with Crippen molar-refractivity contribution >= 4 is 33.6 Å². The molecule has 0 unspecified atom stereocenters. The molecule has 3 aromatic rings. The number of ketones is 1. The molecule has 0 N–H and O–H groups in total. The van der Waals surface area contributed by atoms with Gasteiger partial charge in [-0.05, 0) is 55.5 Å². The van der Waals surface area contributed by atoms with Crippen molar-refractivity contribution in [2.75, 3.05) is 0 Å². The number of carbonyl (C=O) groups excluding carboxylic acids is 1. The van der Waals surface area contributed by atoms with E-state index in [4.69, 9.17) is 24.9 Å². The number of rotatable bonds is 4. The van der Waals surface area contributed by atoms with Gasteiger partial charge in [0.25, 0.3) is 0 Å². The van der Waals surface area contributed by atoms with Crippen molar-refractivity contribution < 1.29 is 26.5 Å². The number of Topliss-reactive ketones (excluding diaryl/α,β-unsaturated/α-hetero) is 1. The van der Waals surface area contributed by atoms with Gasteiger partial charge in [0.05, 0.1) is 5.56 Å². The molecule has 1 aliphatic heterocycles. The minimum atomic E-state index is -4.05. The van der Waals surface area contributed by atoms with Crippen molar-refractivity contribution in [1.82, 2.24) is 0 Å². The monoisotopic (exact) mass is 416 g/mol. The van der Waals surface area contributed by atoms with E-state index in [1.807, 2.05) is 0 Å². The minimum Gasteiger partial charge on any atom is -0.462 e. The SMILES string of the molecule is Cc1ccc(/C=C2\Oc3cc(OS(=O)(=O)c4ccc(Cl)cc4)ccc3C2=O)o1. The number of hydrogen-bond acceptors (Lipinski definition) is 6. The lowest BCUT2D eigenvalue weighted by Gasteiger charge is -2.08. The molecule has 6 nitrogen and oxygen atoms in total. The Morgan fingerprint density at radius 1 is 1.04 bits per heavy atom. The second kappa shape index (κ2) is 6.85. The van der Waals surface area contributed by atoms with E-state index in [2.05, 4.69) is 0 Å². The predicted molar refractivity (Wildman–Crippen MR) is 102 cm³/mol. The molecule has 0 saturated carbocycles. The highest BCUT2D eigenvalue weighted by Crippen LogP contribution is 2.35. The summed E-state index contributed by atoms with van der Waals surface area (Å²) in [7, 11) is -4.05. The number of ether oxygens (including phenoxy) is 1. The molecule has 0 fully saturated rings. The zero-order chi connectivity index (χ0) is 19.9. The molecular formula is C20H13ClO6S. The Bertz CT molecular complexity index is 1210. The van der Waals surface area contributed by atoms with E-state index >= 15 is 0 Å². The summed E-state index contributed by atoms with van der Waals surface area (Å²) in [6, 6.07) is 13.3. The summed E-state index contributed by atoms with van der Waals surface area (Å²) < 4.78 is 40.9. The van der Waals surface area contributed by atoms with Crippen LogP contribution < -0.4 is 8.92 Å². The molecule has 0 atom stereocenters. The zero-order valence-electron chi connectivity index (χ0n) is 14.5. The van der Waals surface area contributed by atoms with E-state index in [9.17, 15) is 13.2 Å². The second-order valence-corrected chi connectivity index (χ2v) is 8.02. The molecule has 0 aliphatic carbocycles. The van der Waals surface area contributed by atoms with E-state index in [1.54, 1.807) is 19.1 Å². The molecule has 142 valence electrons. The van der Waals surface area contributed by atoms with Crippen LogP contribution in [0.1, 0.15) is 21.9 Å². The van der Waals surface area contributed by atoms with Gasteiger partial charge in [-0.3, -0.25) is 4.79 Å². The first-order valence-corrected chi connectivity index (χ1v) is 9.95. The maximum absolute atomic E-state index is 12.5. The Morgan fingerprint density at radius 2 is 1.79 bits per heavy atom. The Kier molecular flexibility index (Phi) is 4.49. The first-order valence-electron chi connectivity index (χ1n) is 8.17. The van der Waals surface area contributed by atoms with Crippen molar-refractivity contribution in [2.45, 2.75) is 11.8 Å². The maximum Gasteiger partial charge on any atom is 0.339 e. The molecule has 0 spiro atoms. The van der Waals surface area contributed by atoms with Crippen LogP contribution in [0.25, 0.3) is 6.08 Å². The molecule has 2 aromatic carbocycles. The number of hydrogen-bond donors (Lipinski definition) is 0. The van der Waals surface area contributed by atoms with Crippen LogP contribution in [0.2, 0.25) is 5.02 Å². The van der Waals surface area contributed by atoms with Crippen LogP contribution in [-0.4, -0.2) is 14.2 Å². The lowest BCUT2D eigenvalue weighted by Crippen LogP contribution is -2.09. The summed E-state index contributed by atoms with van der Waals surface area (Å²) in [5.41, 5.74) is 0.311. The van der Waals surface area contributed by atoms with E-state index < -0.39 is 10.1 Å². The third-order valence-corrected chi connectivity index (χ3v) is 5.50. The summed E-state index contributed by atoms with van der Waals surface area (Å²) in [4.78, 5) is 12.4. The molecule has 0 radical (unpaired) electrons. The summed E-state index contributed by atoms with van der Waals surface area (Å²) in [6.07, 6.45) is 1.49. The minimum absolute atomic E-state index is 0.0246. The number of allylic oxidation sites excluding steroid dienone is 1. The maximum atomic E-state index is 12.5.